The number of ether oxygens (including phenoxy) is 1. The largest absolute Gasteiger partial charge is 0.452 e. The quantitative estimate of drug-likeness (QED) is 0.668. The van der Waals surface area contributed by atoms with Gasteiger partial charge in [-0.1, -0.05) is 27.2 Å². The first-order valence-electron chi connectivity index (χ1n) is 9.41. The lowest BCUT2D eigenvalue weighted by atomic mass is 9.42. The van der Waals surface area contributed by atoms with Gasteiger partial charge in [0.2, 0.25) is 0 Å². The summed E-state index contributed by atoms with van der Waals surface area (Å²) in [5, 5.41) is 22.7. The van der Waals surface area contributed by atoms with Gasteiger partial charge in [0.25, 0.3) is 0 Å². The Balaban J connectivity index is 1.79. The van der Waals surface area contributed by atoms with Gasteiger partial charge >= 0.3 is 5.97 Å². The van der Waals surface area contributed by atoms with Gasteiger partial charge in [0.15, 0.2) is 6.10 Å². The number of aliphatic hydroxyl groups is 2. The maximum absolute atomic E-state index is 12.0. The number of hydrogen-bond donors (Lipinski definition) is 2. The molecule has 4 heteroatoms. The second-order valence-corrected chi connectivity index (χ2v) is 9.66. The third-order valence-corrected chi connectivity index (χ3v) is 7.94. The molecule has 3 aliphatic carbocycles. The predicted octanol–water partition coefficient (Wildman–Crippen LogP) is 2.97. The second-order valence-electron chi connectivity index (χ2n) is 9.66. The van der Waals surface area contributed by atoms with E-state index in [0.717, 1.165) is 24.8 Å². The van der Waals surface area contributed by atoms with E-state index in [0.29, 0.717) is 24.3 Å². The summed E-state index contributed by atoms with van der Waals surface area (Å²) in [6, 6.07) is 0. The predicted molar refractivity (Wildman–Crippen MR) is 90.1 cm³/mol. The molecule has 0 spiro atoms. The standard InChI is InChI=1S/C20H30O4/c1-11-12-10-20(23)9-6-13-18(2,3)7-5-8-19(13,4)16(20)14(21)15(12)24-17(11)22/h13-16,21,23H,5-10H2,1-4H3/t13-,14+,15-,16+,19-,20-/m1/s1. The van der Waals surface area contributed by atoms with Crippen LogP contribution >= 0.6 is 0 Å². The van der Waals surface area contributed by atoms with Crippen molar-refractivity contribution < 1.29 is 19.7 Å². The average Bonchev–Trinajstić information content (AvgIpc) is 2.73. The monoisotopic (exact) mass is 334 g/mol. The van der Waals surface area contributed by atoms with Crippen molar-refractivity contribution in [3.05, 3.63) is 11.1 Å². The molecule has 0 aromatic carbocycles. The van der Waals surface area contributed by atoms with Gasteiger partial charge in [-0.05, 0) is 54.9 Å². The summed E-state index contributed by atoms with van der Waals surface area (Å²) in [5.74, 6) is -0.0693. The molecule has 4 aliphatic rings. The van der Waals surface area contributed by atoms with Crippen molar-refractivity contribution in [2.75, 3.05) is 0 Å². The summed E-state index contributed by atoms with van der Waals surface area (Å²) in [6.45, 7) is 8.68. The normalized spacial score (nSPS) is 50.0. The van der Waals surface area contributed by atoms with Crippen LogP contribution in [0.1, 0.15) is 66.2 Å². The molecule has 24 heavy (non-hydrogen) atoms. The fourth-order valence-corrected chi connectivity index (χ4v) is 6.96. The van der Waals surface area contributed by atoms with Crippen LogP contribution in [0.5, 0.6) is 0 Å². The number of carbonyl (C=O) groups is 1. The topological polar surface area (TPSA) is 66.8 Å². The first-order chi connectivity index (χ1) is 11.1. The first kappa shape index (κ1) is 16.6. The SMILES string of the molecule is CC1=C2C[C@]3(O)CC[C@@H]4C(C)(C)CCC[C@@]4(C)[C@@H]3[C@@H](O)[C@@H]2OC1=O. The Hall–Kier alpha value is -0.870. The molecule has 0 radical (unpaired) electrons. The number of esters is 1. The highest BCUT2D eigenvalue weighted by atomic mass is 16.6. The van der Waals surface area contributed by atoms with Crippen LogP contribution in [0.4, 0.5) is 0 Å². The highest BCUT2D eigenvalue weighted by molar-refractivity contribution is 5.92. The fraction of sp³-hybridized carbons (Fsp3) is 0.850. The molecule has 0 unspecified atom stereocenters. The van der Waals surface area contributed by atoms with Gasteiger partial charge in [0, 0.05) is 17.9 Å². The molecule has 3 saturated carbocycles. The molecular formula is C20H30O4. The summed E-state index contributed by atoms with van der Waals surface area (Å²) in [5.41, 5.74) is 0.610. The molecule has 1 aliphatic heterocycles. The molecule has 2 N–H and O–H groups in total. The average molecular weight is 334 g/mol. The molecular weight excluding hydrogens is 304 g/mol. The van der Waals surface area contributed by atoms with Gasteiger partial charge in [-0.2, -0.15) is 0 Å². The van der Waals surface area contributed by atoms with Gasteiger partial charge < -0.3 is 14.9 Å². The summed E-state index contributed by atoms with van der Waals surface area (Å²) in [4.78, 5) is 12.0. The summed E-state index contributed by atoms with van der Waals surface area (Å²) in [6.07, 6.45) is 4.18. The molecule has 6 atom stereocenters. The number of aliphatic hydroxyl groups excluding tert-OH is 1. The molecule has 134 valence electrons. The van der Waals surface area contributed by atoms with Gasteiger partial charge in [0.05, 0.1) is 5.60 Å². The van der Waals surface area contributed by atoms with Crippen LogP contribution in [-0.2, 0) is 9.53 Å². The van der Waals surface area contributed by atoms with Crippen molar-refractivity contribution in [1.82, 2.24) is 0 Å². The molecule has 0 aromatic rings. The molecule has 0 saturated heterocycles. The number of carbonyl (C=O) groups excluding carboxylic acids is 1. The Kier molecular flexibility index (Phi) is 3.35. The summed E-state index contributed by atoms with van der Waals surface area (Å²) in [7, 11) is 0. The first-order valence-corrected chi connectivity index (χ1v) is 9.41. The van der Waals surface area contributed by atoms with E-state index >= 15 is 0 Å². The lowest BCUT2D eigenvalue weighted by molar-refractivity contribution is -0.231. The number of rotatable bonds is 0. The molecule has 0 aromatic heterocycles. The van der Waals surface area contributed by atoms with E-state index in [2.05, 4.69) is 20.8 Å². The maximum Gasteiger partial charge on any atom is 0.334 e. The van der Waals surface area contributed by atoms with Gasteiger partial charge in [-0.25, -0.2) is 4.79 Å². The van der Waals surface area contributed by atoms with Crippen LogP contribution in [0.3, 0.4) is 0 Å². The van der Waals surface area contributed by atoms with E-state index in [1.807, 2.05) is 0 Å². The molecule has 4 rings (SSSR count). The highest BCUT2D eigenvalue weighted by Crippen LogP contribution is 2.65. The van der Waals surface area contributed by atoms with Gasteiger partial charge in [-0.3, -0.25) is 0 Å². The van der Waals surface area contributed by atoms with E-state index in [4.69, 9.17) is 4.74 Å². The van der Waals surface area contributed by atoms with E-state index in [1.54, 1.807) is 6.92 Å². The van der Waals surface area contributed by atoms with Crippen molar-refractivity contribution in [3.63, 3.8) is 0 Å². The fourth-order valence-electron chi connectivity index (χ4n) is 6.96. The summed E-state index contributed by atoms with van der Waals surface area (Å²) >= 11 is 0. The van der Waals surface area contributed by atoms with Crippen molar-refractivity contribution in [3.8, 4) is 0 Å². The van der Waals surface area contributed by atoms with E-state index in [-0.39, 0.29) is 22.7 Å². The summed E-state index contributed by atoms with van der Waals surface area (Å²) < 4.78 is 5.49. The minimum atomic E-state index is -0.918. The van der Waals surface area contributed by atoms with E-state index < -0.39 is 17.8 Å². The molecule has 0 bridgehead atoms. The highest BCUT2D eigenvalue weighted by Gasteiger charge is 2.65. The zero-order valence-electron chi connectivity index (χ0n) is 15.3. The van der Waals surface area contributed by atoms with Crippen LogP contribution in [0.15, 0.2) is 11.1 Å². The van der Waals surface area contributed by atoms with E-state index in [1.165, 1.54) is 6.42 Å². The smallest absolute Gasteiger partial charge is 0.334 e. The number of hydrogen-bond acceptors (Lipinski definition) is 4. The maximum atomic E-state index is 12.0. The zero-order chi connectivity index (χ0) is 17.5. The van der Waals surface area contributed by atoms with Crippen molar-refractivity contribution >= 4 is 5.97 Å². The number of fused-ring (bicyclic) bond motifs is 4. The van der Waals surface area contributed by atoms with Crippen LogP contribution in [-0.4, -0.2) is 34.0 Å². The van der Waals surface area contributed by atoms with Crippen molar-refractivity contribution in [2.45, 2.75) is 84.0 Å². The second kappa shape index (κ2) is 4.85. The van der Waals surface area contributed by atoms with Crippen molar-refractivity contribution in [2.24, 2.45) is 22.7 Å². The molecule has 4 nitrogen and oxygen atoms in total. The molecule has 0 amide bonds. The Labute approximate surface area is 144 Å². The molecule has 3 fully saturated rings. The minimum Gasteiger partial charge on any atom is -0.452 e. The van der Waals surface area contributed by atoms with Gasteiger partial charge in [0.1, 0.15) is 6.10 Å². The lowest BCUT2D eigenvalue weighted by Gasteiger charge is -2.64. The van der Waals surface area contributed by atoms with Crippen LogP contribution in [0.25, 0.3) is 0 Å². The Morgan fingerprint density at radius 1 is 1.17 bits per heavy atom. The Morgan fingerprint density at radius 2 is 1.88 bits per heavy atom. The van der Waals surface area contributed by atoms with Crippen LogP contribution in [0, 0.1) is 22.7 Å². The molecule has 1 heterocycles. The van der Waals surface area contributed by atoms with Crippen molar-refractivity contribution in [1.29, 1.82) is 0 Å². The third-order valence-electron chi connectivity index (χ3n) is 7.94. The zero-order valence-corrected chi connectivity index (χ0v) is 15.3. The van der Waals surface area contributed by atoms with E-state index in [9.17, 15) is 15.0 Å². The minimum absolute atomic E-state index is 0.109. The van der Waals surface area contributed by atoms with Gasteiger partial charge in [-0.15, -0.1) is 0 Å². The Morgan fingerprint density at radius 3 is 2.58 bits per heavy atom. The van der Waals surface area contributed by atoms with Crippen LogP contribution in [0.2, 0.25) is 0 Å². The Bertz CT molecular complexity index is 621. The van der Waals surface area contributed by atoms with Crippen LogP contribution < -0.4 is 0 Å². The lowest BCUT2D eigenvalue weighted by Crippen LogP contribution is -2.66. The third kappa shape index (κ3) is 1.96.